The zero-order valence-electron chi connectivity index (χ0n) is 9.69. The third kappa shape index (κ3) is 2.59. The minimum Gasteiger partial charge on any atom is -0.316 e. The molecule has 0 spiro atoms. The van der Waals surface area contributed by atoms with Crippen LogP contribution in [-0.2, 0) is 6.42 Å². The number of thiophene rings is 1. The molecule has 1 atom stereocenters. The molecule has 1 heterocycles. The Kier molecular flexibility index (Phi) is 4.27. The summed E-state index contributed by atoms with van der Waals surface area (Å²) >= 11 is 3.75. The van der Waals surface area contributed by atoms with Crippen LogP contribution in [0, 0.1) is 0 Å². The third-order valence-corrected chi connectivity index (χ3v) is 4.55. The van der Waals surface area contributed by atoms with Crippen molar-refractivity contribution >= 4 is 33.2 Å². The Hall–Kier alpha value is -0.510. The molecular formula is C13H17NS2. The molecule has 0 aliphatic rings. The summed E-state index contributed by atoms with van der Waals surface area (Å²) in [6, 6.07) is 9.24. The summed E-state index contributed by atoms with van der Waals surface area (Å²) in [6.07, 6.45) is 3.29. The zero-order valence-corrected chi connectivity index (χ0v) is 11.3. The van der Waals surface area contributed by atoms with Crippen LogP contribution in [0.5, 0.6) is 0 Å². The summed E-state index contributed by atoms with van der Waals surface area (Å²) in [6.45, 7) is 0. The molecule has 2 aromatic rings. The molecule has 1 aromatic carbocycles. The first kappa shape index (κ1) is 12.0. The van der Waals surface area contributed by atoms with Crippen LogP contribution in [0.4, 0.5) is 0 Å². The van der Waals surface area contributed by atoms with Gasteiger partial charge < -0.3 is 5.32 Å². The maximum absolute atomic E-state index is 3.39. The van der Waals surface area contributed by atoms with Gasteiger partial charge in [0.05, 0.1) is 0 Å². The molecule has 86 valence electrons. The van der Waals surface area contributed by atoms with Gasteiger partial charge in [-0.25, -0.2) is 0 Å². The second kappa shape index (κ2) is 5.71. The summed E-state index contributed by atoms with van der Waals surface area (Å²) in [5, 5.41) is 7.12. The third-order valence-electron chi connectivity index (χ3n) is 2.80. The lowest BCUT2D eigenvalue weighted by atomic mass is 10.1. The number of benzene rings is 1. The standard InChI is InChI=1S/C13H17NS2/c1-14-11(9-15-2)7-10-8-16-13-6-4-3-5-12(10)13/h3-6,8,11,14H,7,9H2,1-2H3. The highest BCUT2D eigenvalue weighted by atomic mass is 32.2. The predicted molar refractivity (Wildman–Crippen MR) is 76.8 cm³/mol. The summed E-state index contributed by atoms with van der Waals surface area (Å²) < 4.78 is 1.40. The molecule has 0 amide bonds. The molecule has 0 radical (unpaired) electrons. The van der Waals surface area contributed by atoms with Crippen molar-refractivity contribution in [3.05, 3.63) is 35.2 Å². The Morgan fingerprint density at radius 3 is 2.94 bits per heavy atom. The monoisotopic (exact) mass is 251 g/mol. The van der Waals surface area contributed by atoms with Crippen molar-refractivity contribution in [1.82, 2.24) is 5.32 Å². The maximum atomic E-state index is 3.39. The van der Waals surface area contributed by atoms with Crippen molar-refractivity contribution < 1.29 is 0 Å². The van der Waals surface area contributed by atoms with Gasteiger partial charge in [-0.05, 0) is 42.1 Å². The van der Waals surface area contributed by atoms with Crippen molar-refractivity contribution in [2.24, 2.45) is 0 Å². The van der Waals surface area contributed by atoms with Gasteiger partial charge in [-0.3, -0.25) is 0 Å². The molecule has 0 saturated carbocycles. The van der Waals surface area contributed by atoms with Gasteiger partial charge in [0.25, 0.3) is 0 Å². The van der Waals surface area contributed by atoms with E-state index in [0.717, 1.165) is 6.42 Å². The molecule has 0 aliphatic heterocycles. The molecule has 1 aromatic heterocycles. The van der Waals surface area contributed by atoms with Crippen LogP contribution in [0.3, 0.4) is 0 Å². The number of thioether (sulfide) groups is 1. The van der Waals surface area contributed by atoms with E-state index in [2.05, 4.69) is 48.3 Å². The van der Waals surface area contributed by atoms with Crippen molar-refractivity contribution in [3.8, 4) is 0 Å². The number of hydrogen-bond acceptors (Lipinski definition) is 3. The van der Waals surface area contributed by atoms with E-state index in [1.165, 1.54) is 21.4 Å². The van der Waals surface area contributed by atoms with Gasteiger partial charge in [-0.15, -0.1) is 11.3 Å². The number of rotatable bonds is 5. The molecule has 0 bridgehead atoms. The Morgan fingerprint density at radius 2 is 2.19 bits per heavy atom. The van der Waals surface area contributed by atoms with Crippen molar-refractivity contribution in [2.75, 3.05) is 19.1 Å². The van der Waals surface area contributed by atoms with E-state index in [1.54, 1.807) is 0 Å². The van der Waals surface area contributed by atoms with E-state index in [1.807, 2.05) is 23.1 Å². The number of hydrogen-bond donors (Lipinski definition) is 1. The summed E-state index contributed by atoms with van der Waals surface area (Å²) in [5.74, 6) is 1.17. The van der Waals surface area contributed by atoms with Crippen LogP contribution in [0.15, 0.2) is 29.6 Å². The molecule has 0 aliphatic carbocycles. The average Bonchev–Trinajstić information content (AvgIpc) is 2.72. The molecule has 0 fully saturated rings. The van der Waals surface area contributed by atoms with E-state index in [0.29, 0.717) is 6.04 Å². The van der Waals surface area contributed by atoms with Crippen molar-refractivity contribution in [2.45, 2.75) is 12.5 Å². The highest BCUT2D eigenvalue weighted by molar-refractivity contribution is 7.98. The average molecular weight is 251 g/mol. The Morgan fingerprint density at radius 1 is 1.38 bits per heavy atom. The lowest BCUT2D eigenvalue weighted by molar-refractivity contribution is 0.620. The largest absolute Gasteiger partial charge is 0.316 e. The molecule has 1 nitrogen and oxygen atoms in total. The number of likely N-dealkylation sites (N-methyl/N-ethyl adjacent to an activating group) is 1. The van der Waals surface area contributed by atoms with E-state index in [-0.39, 0.29) is 0 Å². The van der Waals surface area contributed by atoms with Gasteiger partial charge in [0.1, 0.15) is 0 Å². The quantitative estimate of drug-likeness (QED) is 0.874. The van der Waals surface area contributed by atoms with Crippen molar-refractivity contribution in [3.63, 3.8) is 0 Å². The summed E-state index contributed by atoms with van der Waals surface area (Å²) in [4.78, 5) is 0. The van der Waals surface area contributed by atoms with Gasteiger partial charge in [0.2, 0.25) is 0 Å². The first-order valence-electron chi connectivity index (χ1n) is 5.46. The first-order chi connectivity index (χ1) is 7.85. The summed E-state index contributed by atoms with van der Waals surface area (Å²) in [7, 11) is 2.05. The molecule has 1 unspecified atom stereocenters. The second-order valence-corrected chi connectivity index (χ2v) is 5.72. The fourth-order valence-electron chi connectivity index (χ4n) is 1.90. The smallest absolute Gasteiger partial charge is 0.0345 e. The highest BCUT2D eigenvalue weighted by Crippen LogP contribution is 2.26. The Balaban J connectivity index is 2.20. The molecule has 3 heteroatoms. The minimum atomic E-state index is 0.577. The number of nitrogens with one attached hydrogen (secondary N) is 1. The minimum absolute atomic E-state index is 0.577. The van der Waals surface area contributed by atoms with Crippen LogP contribution in [0.2, 0.25) is 0 Å². The predicted octanol–water partition coefficient (Wildman–Crippen LogP) is 3.39. The van der Waals surface area contributed by atoms with Crippen LogP contribution < -0.4 is 5.32 Å². The van der Waals surface area contributed by atoms with Gasteiger partial charge in [0.15, 0.2) is 0 Å². The van der Waals surface area contributed by atoms with Crippen LogP contribution in [-0.4, -0.2) is 25.1 Å². The van der Waals surface area contributed by atoms with Gasteiger partial charge in [0, 0.05) is 16.5 Å². The molecule has 1 N–H and O–H groups in total. The highest BCUT2D eigenvalue weighted by Gasteiger charge is 2.10. The maximum Gasteiger partial charge on any atom is 0.0345 e. The number of fused-ring (bicyclic) bond motifs is 1. The SMILES string of the molecule is CNC(CSC)Cc1csc2ccccc12. The van der Waals surface area contributed by atoms with Crippen LogP contribution in [0.1, 0.15) is 5.56 Å². The fourth-order valence-corrected chi connectivity index (χ4v) is 3.56. The lowest BCUT2D eigenvalue weighted by Crippen LogP contribution is -2.29. The molecule has 0 saturated heterocycles. The molecular weight excluding hydrogens is 234 g/mol. The first-order valence-corrected chi connectivity index (χ1v) is 7.74. The van der Waals surface area contributed by atoms with E-state index in [4.69, 9.17) is 0 Å². The van der Waals surface area contributed by atoms with E-state index >= 15 is 0 Å². The van der Waals surface area contributed by atoms with Gasteiger partial charge >= 0.3 is 0 Å². The lowest BCUT2D eigenvalue weighted by Gasteiger charge is -2.14. The van der Waals surface area contributed by atoms with E-state index < -0.39 is 0 Å². The fraction of sp³-hybridized carbons (Fsp3) is 0.385. The van der Waals surface area contributed by atoms with E-state index in [9.17, 15) is 0 Å². The molecule has 2 rings (SSSR count). The summed E-state index contributed by atoms with van der Waals surface area (Å²) in [5.41, 5.74) is 1.48. The van der Waals surface area contributed by atoms with Crippen molar-refractivity contribution in [1.29, 1.82) is 0 Å². The topological polar surface area (TPSA) is 12.0 Å². The second-order valence-electron chi connectivity index (χ2n) is 3.90. The normalized spacial score (nSPS) is 13.1. The van der Waals surface area contributed by atoms with Gasteiger partial charge in [-0.2, -0.15) is 11.8 Å². The van der Waals surface area contributed by atoms with Gasteiger partial charge in [-0.1, -0.05) is 18.2 Å². The van der Waals surface area contributed by atoms with Crippen LogP contribution in [0.25, 0.3) is 10.1 Å². The Labute approximate surface area is 105 Å². The Bertz CT molecular complexity index is 450. The van der Waals surface area contributed by atoms with Crippen LogP contribution >= 0.6 is 23.1 Å². The zero-order chi connectivity index (χ0) is 11.4. The molecule has 16 heavy (non-hydrogen) atoms.